The van der Waals surface area contributed by atoms with Crippen molar-refractivity contribution in [3.05, 3.63) is 60.9 Å². The first kappa shape index (κ1) is 19.6. The summed E-state index contributed by atoms with van der Waals surface area (Å²) in [4.78, 5) is 25.7. The maximum absolute atomic E-state index is 12.7. The van der Waals surface area contributed by atoms with Crippen LogP contribution in [0.2, 0.25) is 0 Å². The second kappa shape index (κ2) is 6.91. The van der Waals surface area contributed by atoms with Crippen LogP contribution in [-0.4, -0.2) is 20.8 Å². The van der Waals surface area contributed by atoms with Crippen molar-refractivity contribution in [2.24, 2.45) is 12.0 Å². The number of halogens is 3. The fourth-order valence-electron chi connectivity index (χ4n) is 2.28. The molecule has 0 aliphatic carbocycles. The Balaban J connectivity index is 2.64. The van der Waals surface area contributed by atoms with Gasteiger partial charge < -0.3 is 5.11 Å². The summed E-state index contributed by atoms with van der Waals surface area (Å²) in [5, 5.41) is 30.2. The van der Waals surface area contributed by atoms with Crippen LogP contribution in [0.5, 0.6) is 5.88 Å². The quantitative estimate of drug-likeness (QED) is 0.498. The van der Waals surface area contributed by atoms with Crippen LogP contribution < -0.4 is 5.56 Å². The zero-order valence-corrected chi connectivity index (χ0v) is 13.9. The molecule has 0 aliphatic heterocycles. The lowest BCUT2D eigenvalue weighted by Gasteiger charge is -2.10. The molecule has 8 nitrogen and oxygen atoms in total. The first-order valence-corrected chi connectivity index (χ1v) is 7.21. The Kier molecular flexibility index (Phi) is 5.03. The predicted octanol–water partition coefficient (Wildman–Crippen LogP) is 2.95. The highest BCUT2D eigenvalue weighted by Crippen LogP contribution is 2.36. The van der Waals surface area contributed by atoms with Gasteiger partial charge in [0, 0.05) is 19.3 Å². The summed E-state index contributed by atoms with van der Waals surface area (Å²) in [6.45, 7) is 1.36. The molecule has 1 N–H and O–H groups in total. The molecule has 0 saturated carbocycles. The molecule has 0 atom stereocenters. The van der Waals surface area contributed by atoms with Crippen LogP contribution in [0.15, 0.2) is 28.0 Å². The largest absolute Gasteiger partial charge is 0.494 e. The van der Waals surface area contributed by atoms with E-state index in [1.54, 1.807) is 6.07 Å². The molecule has 0 spiro atoms. The number of aromatic hydroxyl groups is 1. The average molecular weight is 380 g/mol. The number of nitriles is 1. The molecule has 0 fully saturated rings. The van der Waals surface area contributed by atoms with E-state index < -0.39 is 33.8 Å². The van der Waals surface area contributed by atoms with E-state index in [1.807, 2.05) is 0 Å². The molecule has 1 aromatic heterocycles. The molecule has 0 aliphatic rings. The number of nitro benzene ring substituents is 1. The molecule has 0 unspecified atom stereocenters. The monoisotopic (exact) mass is 380 g/mol. The van der Waals surface area contributed by atoms with Crippen LogP contribution in [0.25, 0.3) is 0 Å². The van der Waals surface area contributed by atoms with Crippen molar-refractivity contribution in [2.75, 3.05) is 0 Å². The fourth-order valence-corrected chi connectivity index (χ4v) is 2.28. The van der Waals surface area contributed by atoms with Crippen LogP contribution >= 0.6 is 0 Å². The lowest BCUT2D eigenvalue weighted by Crippen LogP contribution is -2.22. The third-order valence-corrected chi connectivity index (χ3v) is 3.80. The third kappa shape index (κ3) is 3.64. The first-order chi connectivity index (χ1) is 12.5. The van der Waals surface area contributed by atoms with Crippen LogP contribution in [0.1, 0.15) is 22.3 Å². The van der Waals surface area contributed by atoms with Crippen molar-refractivity contribution >= 4 is 17.6 Å². The summed E-state index contributed by atoms with van der Waals surface area (Å²) in [7, 11) is 1.20. The van der Waals surface area contributed by atoms with Crippen molar-refractivity contribution in [3.8, 4) is 11.9 Å². The lowest BCUT2D eigenvalue weighted by atomic mass is 10.1. The predicted molar refractivity (Wildman–Crippen MR) is 88.2 cm³/mol. The number of pyridine rings is 1. The molecule has 0 saturated heterocycles. The molecular weight excluding hydrogens is 369 g/mol. The van der Waals surface area contributed by atoms with Gasteiger partial charge in [-0.25, -0.2) is 4.99 Å². The number of hydrogen-bond donors (Lipinski definition) is 1. The number of rotatable bonds is 3. The van der Waals surface area contributed by atoms with Crippen molar-refractivity contribution in [1.82, 2.24) is 4.57 Å². The summed E-state index contributed by atoms with van der Waals surface area (Å²) in [5.74, 6) is -0.546. The lowest BCUT2D eigenvalue weighted by molar-refractivity contribution is -0.384. The van der Waals surface area contributed by atoms with E-state index in [0.29, 0.717) is 12.1 Å². The zero-order valence-electron chi connectivity index (χ0n) is 13.9. The normalized spacial score (nSPS) is 11.6. The minimum atomic E-state index is -4.76. The first-order valence-electron chi connectivity index (χ1n) is 7.21. The number of aromatic nitrogens is 1. The van der Waals surface area contributed by atoms with Crippen molar-refractivity contribution in [2.45, 2.75) is 13.1 Å². The van der Waals surface area contributed by atoms with Gasteiger partial charge in [0.05, 0.1) is 16.1 Å². The van der Waals surface area contributed by atoms with Gasteiger partial charge in [-0.3, -0.25) is 19.5 Å². The van der Waals surface area contributed by atoms with Crippen LogP contribution in [0.4, 0.5) is 24.5 Å². The number of aliphatic imine (C=N–C) groups is 1. The Morgan fingerprint density at radius 3 is 2.56 bits per heavy atom. The Morgan fingerprint density at radius 1 is 1.41 bits per heavy atom. The van der Waals surface area contributed by atoms with Gasteiger partial charge in [0.15, 0.2) is 0 Å². The molecule has 1 aromatic carbocycles. The summed E-state index contributed by atoms with van der Waals surface area (Å²) in [6, 6.07) is 3.48. The SMILES string of the molecule is Cc1c(C=Nc2ccc(C(F)(F)F)cc2[N+](=O)[O-])c(O)n(C)c(=O)c1C#N. The van der Waals surface area contributed by atoms with E-state index in [1.165, 1.54) is 14.0 Å². The van der Waals surface area contributed by atoms with E-state index in [9.17, 15) is 33.2 Å². The molecule has 2 aromatic rings. The fraction of sp³-hybridized carbons (Fsp3) is 0.188. The van der Waals surface area contributed by atoms with Gasteiger partial charge >= 0.3 is 6.18 Å². The van der Waals surface area contributed by atoms with Crippen LogP contribution in [0, 0.1) is 28.4 Å². The maximum Gasteiger partial charge on any atom is 0.416 e. The van der Waals surface area contributed by atoms with Gasteiger partial charge in [-0.2, -0.15) is 18.4 Å². The van der Waals surface area contributed by atoms with Gasteiger partial charge in [0.1, 0.15) is 17.3 Å². The Bertz CT molecular complexity index is 1070. The number of nitro groups is 1. The third-order valence-electron chi connectivity index (χ3n) is 3.80. The smallest absolute Gasteiger partial charge is 0.416 e. The Hall–Kier alpha value is -3.68. The Labute approximate surface area is 149 Å². The average Bonchev–Trinajstić information content (AvgIpc) is 2.59. The van der Waals surface area contributed by atoms with E-state index in [4.69, 9.17) is 5.26 Å². The van der Waals surface area contributed by atoms with Crippen LogP contribution in [-0.2, 0) is 13.2 Å². The zero-order chi connectivity index (χ0) is 20.5. The van der Waals surface area contributed by atoms with Crippen molar-refractivity contribution in [1.29, 1.82) is 5.26 Å². The second-order valence-electron chi connectivity index (χ2n) is 5.43. The second-order valence-corrected chi connectivity index (χ2v) is 5.43. The van der Waals surface area contributed by atoms with E-state index in [-0.39, 0.29) is 22.4 Å². The summed E-state index contributed by atoms with van der Waals surface area (Å²) < 4.78 is 39.0. The highest BCUT2D eigenvalue weighted by Gasteiger charge is 2.33. The number of hydrogen-bond acceptors (Lipinski definition) is 6. The van der Waals surface area contributed by atoms with E-state index in [2.05, 4.69) is 4.99 Å². The summed E-state index contributed by atoms with van der Waals surface area (Å²) in [5.41, 5.74) is -3.48. The number of alkyl halides is 3. The molecular formula is C16H11F3N4O4. The molecule has 0 bridgehead atoms. The Morgan fingerprint density at radius 2 is 2.04 bits per heavy atom. The van der Waals surface area contributed by atoms with Crippen molar-refractivity contribution < 1.29 is 23.2 Å². The molecule has 0 amide bonds. The van der Waals surface area contributed by atoms with Crippen LogP contribution in [0.3, 0.4) is 0 Å². The number of nitrogens with zero attached hydrogens (tertiary/aromatic N) is 4. The highest BCUT2D eigenvalue weighted by molar-refractivity contribution is 5.88. The van der Waals surface area contributed by atoms with Crippen molar-refractivity contribution in [3.63, 3.8) is 0 Å². The molecule has 0 radical (unpaired) electrons. The van der Waals surface area contributed by atoms with Gasteiger partial charge in [0.25, 0.3) is 11.2 Å². The van der Waals surface area contributed by atoms with Gasteiger partial charge in [-0.05, 0) is 24.6 Å². The number of benzene rings is 1. The highest BCUT2D eigenvalue weighted by atomic mass is 19.4. The molecule has 140 valence electrons. The topological polar surface area (TPSA) is 122 Å². The molecule has 1 heterocycles. The van der Waals surface area contributed by atoms with E-state index >= 15 is 0 Å². The maximum atomic E-state index is 12.7. The van der Waals surface area contributed by atoms with Gasteiger partial charge in [-0.1, -0.05) is 0 Å². The van der Waals surface area contributed by atoms with Gasteiger partial charge in [0.2, 0.25) is 5.88 Å². The summed E-state index contributed by atoms with van der Waals surface area (Å²) in [6.07, 6.45) is -3.82. The van der Waals surface area contributed by atoms with E-state index in [0.717, 1.165) is 16.8 Å². The van der Waals surface area contributed by atoms with Gasteiger partial charge in [-0.15, -0.1) is 0 Å². The minimum absolute atomic E-state index is 0.0668. The molecule has 11 heteroatoms. The standard InChI is InChI=1S/C16H11F3N4O4/c1-8-10(6-20)14(24)22(2)15(25)11(8)7-21-12-4-3-9(16(17,18)19)5-13(12)23(26)27/h3-5,7,25H,1-2H3. The molecule has 27 heavy (non-hydrogen) atoms. The summed E-state index contributed by atoms with van der Waals surface area (Å²) >= 11 is 0. The minimum Gasteiger partial charge on any atom is -0.494 e. The molecule has 2 rings (SSSR count).